The molecule has 2 heteroatoms. The Kier molecular flexibility index (Phi) is 5.01. The predicted octanol–water partition coefficient (Wildman–Crippen LogP) is 4.48. The van der Waals surface area contributed by atoms with Gasteiger partial charge >= 0.3 is 0 Å². The predicted molar refractivity (Wildman–Crippen MR) is 83.3 cm³/mol. The first-order valence-corrected chi connectivity index (χ1v) is 6.52. The molecule has 0 saturated heterocycles. The van der Waals surface area contributed by atoms with Gasteiger partial charge in [0.15, 0.2) is 11.5 Å². The Morgan fingerprint density at radius 1 is 0.800 bits per heavy atom. The maximum atomic E-state index is 5.79. The first-order chi connectivity index (χ1) is 9.86. The topological polar surface area (TPSA) is 18.5 Å². The Morgan fingerprint density at radius 2 is 1.50 bits per heavy atom. The smallest absolute Gasteiger partial charge is 0.169 e. The van der Waals surface area contributed by atoms with Crippen LogP contribution in [0.15, 0.2) is 73.8 Å². The molecule has 2 aromatic rings. The molecule has 102 valence electrons. The summed E-state index contributed by atoms with van der Waals surface area (Å²) in [5.74, 6) is 1.45. The zero-order valence-corrected chi connectivity index (χ0v) is 11.4. The molecule has 0 N–H and O–H groups in total. The van der Waals surface area contributed by atoms with Crippen molar-refractivity contribution in [2.24, 2.45) is 0 Å². The van der Waals surface area contributed by atoms with E-state index >= 15 is 0 Å². The Morgan fingerprint density at radius 3 is 2.20 bits per heavy atom. The maximum absolute atomic E-state index is 5.79. The van der Waals surface area contributed by atoms with E-state index in [1.165, 1.54) is 0 Å². The fourth-order valence-corrected chi connectivity index (χ4v) is 1.91. The number of ether oxygens (including phenoxy) is 2. The van der Waals surface area contributed by atoms with Gasteiger partial charge in [0.25, 0.3) is 0 Å². The maximum Gasteiger partial charge on any atom is 0.169 e. The number of hydrogen-bond donors (Lipinski definition) is 0. The molecule has 20 heavy (non-hydrogen) atoms. The largest absolute Gasteiger partial charge is 0.486 e. The minimum atomic E-state index is 0.439. The zero-order valence-electron chi connectivity index (χ0n) is 11.4. The lowest BCUT2D eigenvalue weighted by molar-refractivity contribution is 0.309. The quantitative estimate of drug-likeness (QED) is 0.688. The lowest BCUT2D eigenvalue weighted by atomic mass is 10.0. The fraction of sp³-hybridized carbons (Fsp3) is 0.111. The Balaban J connectivity index is 2.43. The van der Waals surface area contributed by atoms with Gasteiger partial charge in [-0.05, 0) is 11.6 Å². The highest BCUT2D eigenvalue weighted by Crippen LogP contribution is 2.38. The van der Waals surface area contributed by atoms with Crippen molar-refractivity contribution in [3.8, 4) is 22.6 Å². The minimum absolute atomic E-state index is 0.439. The highest BCUT2D eigenvalue weighted by atomic mass is 16.5. The Hall–Kier alpha value is -2.48. The number of para-hydroxylation sites is 1. The second-order valence-electron chi connectivity index (χ2n) is 4.20. The summed E-state index contributed by atoms with van der Waals surface area (Å²) in [5, 5.41) is 0. The van der Waals surface area contributed by atoms with Crippen molar-refractivity contribution in [3.05, 3.63) is 73.8 Å². The van der Waals surface area contributed by atoms with Gasteiger partial charge in [-0.2, -0.15) is 0 Å². The van der Waals surface area contributed by atoms with Crippen molar-refractivity contribution in [1.29, 1.82) is 0 Å². The molecular formula is C18H18O2. The van der Waals surface area contributed by atoms with Crippen LogP contribution in [0.4, 0.5) is 0 Å². The van der Waals surface area contributed by atoms with Crippen LogP contribution < -0.4 is 9.47 Å². The van der Waals surface area contributed by atoms with Crippen LogP contribution in [0.3, 0.4) is 0 Å². The average molecular weight is 266 g/mol. The van der Waals surface area contributed by atoms with E-state index < -0.39 is 0 Å². The molecule has 0 heterocycles. The van der Waals surface area contributed by atoms with Crippen LogP contribution in [0.2, 0.25) is 0 Å². The highest BCUT2D eigenvalue weighted by molar-refractivity contribution is 5.73. The molecule has 0 unspecified atom stereocenters. The monoisotopic (exact) mass is 266 g/mol. The van der Waals surface area contributed by atoms with Crippen LogP contribution in [0.5, 0.6) is 11.5 Å². The van der Waals surface area contributed by atoms with Crippen molar-refractivity contribution in [3.63, 3.8) is 0 Å². The molecule has 0 spiro atoms. The second-order valence-corrected chi connectivity index (χ2v) is 4.20. The molecule has 2 aromatic carbocycles. The molecule has 0 aliphatic rings. The van der Waals surface area contributed by atoms with Gasteiger partial charge in [-0.1, -0.05) is 67.8 Å². The molecule has 0 aliphatic heterocycles. The van der Waals surface area contributed by atoms with E-state index in [1.54, 1.807) is 12.2 Å². The number of hydrogen-bond acceptors (Lipinski definition) is 2. The van der Waals surface area contributed by atoms with Crippen molar-refractivity contribution in [2.75, 3.05) is 13.2 Å². The third-order valence-electron chi connectivity index (χ3n) is 2.77. The third-order valence-corrected chi connectivity index (χ3v) is 2.77. The first-order valence-electron chi connectivity index (χ1n) is 6.52. The van der Waals surface area contributed by atoms with E-state index in [9.17, 15) is 0 Å². The summed E-state index contributed by atoms with van der Waals surface area (Å²) in [6.45, 7) is 8.24. The van der Waals surface area contributed by atoms with E-state index in [0.717, 1.165) is 16.9 Å². The molecule has 2 nitrogen and oxygen atoms in total. The fourth-order valence-electron chi connectivity index (χ4n) is 1.91. The molecule has 0 fully saturated rings. The Bertz CT molecular complexity index is 573. The van der Waals surface area contributed by atoms with Gasteiger partial charge in [0, 0.05) is 5.56 Å². The summed E-state index contributed by atoms with van der Waals surface area (Å²) in [5.41, 5.74) is 2.10. The SMILES string of the molecule is C=CCOc1cccc(-c2ccccc2)c1OCC=C. The van der Waals surface area contributed by atoms with Gasteiger partial charge in [0.05, 0.1) is 0 Å². The number of benzene rings is 2. The molecule has 0 aromatic heterocycles. The van der Waals surface area contributed by atoms with E-state index in [1.807, 2.05) is 48.5 Å². The molecule has 0 atom stereocenters. The lowest BCUT2D eigenvalue weighted by Crippen LogP contribution is -2.01. The molecular weight excluding hydrogens is 248 g/mol. The van der Waals surface area contributed by atoms with Crippen LogP contribution in [-0.4, -0.2) is 13.2 Å². The van der Waals surface area contributed by atoms with Crippen LogP contribution in [0.25, 0.3) is 11.1 Å². The normalized spacial score (nSPS) is 9.80. The van der Waals surface area contributed by atoms with Gasteiger partial charge < -0.3 is 9.47 Å². The van der Waals surface area contributed by atoms with Crippen LogP contribution in [0.1, 0.15) is 0 Å². The van der Waals surface area contributed by atoms with Crippen molar-refractivity contribution in [1.82, 2.24) is 0 Å². The number of rotatable bonds is 7. The van der Waals surface area contributed by atoms with Gasteiger partial charge in [-0.15, -0.1) is 0 Å². The van der Waals surface area contributed by atoms with E-state index in [0.29, 0.717) is 19.0 Å². The summed E-state index contributed by atoms with van der Waals surface area (Å²) < 4.78 is 11.5. The highest BCUT2D eigenvalue weighted by Gasteiger charge is 2.12. The van der Waals surface area contributed by atoms with Gasteiger partial charge in [-0.3, -0.25) is 0 Å². The second kappa shape index (κ2) is 7.19. The third kappa shape index (κ3) is 3.29. The van der Waals surface area contributed by atoms with E-state index in [4.69, 9.17) is 9.47 Å². The van der Waals surface area contributed by atoms with Gasteiger partial charge in [0.2, 0.25) is 0 Å². The van der Waals surface area contributed by atoms with Gasteiger partial charge in [-0.25, -0.2) is 0 Å². The van der Waals surface area contributed by atoms with Gasteiger partial charge in [0.1, 0.15) is 13.2 Å². The molecule has 0 radical (unpaired) electrons. The van der Waals surface area contributed by atoms with Crippen molar-refractivity contribution < 1.29 is 9.47 Å². The summed E-state index contributed by atoms with van der Waals surface area (Å²) in [4.78, 5) is 0. The first kappa shape index (κ1) is 13.9. The van der Waals surface area contributed by atoms with Crippen molar-refractivity contribution in [2.45, 2.75) is 0 Å². The lowest BCUT2D eigenvalue weighted by Gasteiger charge is -2.15. The molecule has 0 amide bonds. The summed E-state index contributed by atoms with van der Waals surface area (Å²) in [6, 6.07) is 16.0. The van der Waals surface area contributed by atoms with Crippen molar-refractivity contribution >= 4 is 0 Å². The summed E-state index contributed by atoms with van der Waals surface area (Å²) >= 11 is 0. The summed E-state index contributed by atoms with van der Waals surface area (Å²) in [7, 11) is 0. The average Bonchev–Trinajstić information content (AvgIpc) is 2.52. The van der Waals surface area contributed by atoms with Crippen LogP contribution in [0, 0.1) is 0 Å². The molecule has 0 saturated carbocycles. The zero-order chi connectivity index (χ0) is 14.2. The van der Waals surface area contributed by atoms with E-state index in [2.05, 4.69) is 13.2 Å². The van der Waals surface area contributed by atoms with Crippen LogP contribution >= 0.6 is 0 Å². The molecule has 2 rings (SSSR count). The molecule has 0 aliphatic carbocycles. The molecule has 0 bridgehead atoms. The van der Waals surface area contributed by atoms with E-state index in [-0.39, 0.29) is 0 Å². The Labute approximate surface area is 120 Å². The standard InChI is InChI=1S/C18H18O2/c1-3-13-19-17-12-8-11-16(18(17)20-14-4-2)15-9-6-5-7-10-15/h3-12H,1-2,13-14H2. The summed E-state index contributed by atoms with van der Waals surface area (Å²) in [6.07, 6.45) is 3.44. The van der Waals surface area contributed by atoms with Crippen LogP contribution in [-0.2, 0) is 0 Å². The minimum Gasteiger partial charge on any atom is -0.486 e.